The Morgan fingerprint density at radius 1 is 1.27 bits per heavy atom. The molecule has 3 rings (SSSR count). The molecule has 1 heteroatoms. The van der Waals surface area contributed by atoms with Gasteiger partial charge in [0.05, 0.1) is 0 Å². The van der Waals surface area contributed by atoms with Gasteiger partial charge < -0.3 is 0 Å². The molecule has 0 unspecified atom stereocenters. The molecule has 2 aliphatic carbocycles. The van der Waals surface area contributed by atoms with Crippen LogP contribution in [-0.4, -0.2) is 5.33 Å². The van der Waals surface area contributed by atoms with E-state index in [0.717, 1.165) is 11.8 Å². The quantitative estimate of drug-likeness (QED) is 0.671. The standard InChI is InChI=1S/C14H17Br/c15-9-10-7-12-5-1-3-11-4-2-6-13(8-10)14(11)12/h1,3,5,10,13H,2,4,6-9H2/t10-,13+/m1/s1. The fourth-order valence-electron chi connectivity index (χ4n) is 3.42. The SMILES string of the molecule is BrC[C@@H]1Cc2cccc3c2[C@@H](CCC3)C1. The van der Waals surface area contributed by atoms with Gasteiger partial charge >= 0.3 is 0 Å². The molecule has 0 nitrogen and oxygen atoms in total. The summed E-state index contributed by atoms with van der Waals surface area (Å²) in [5.74, 6) is 1.75. The Morgan fingerprint density at radius 2 is 2.13 bits per heavy atom. The van der Waals surface area contributed by atoms with Crippen molar-refractivity contribution in [3.05, 3.63) is 34.9 Å². The molecular formula is C14H17Br. The highest BCUT2D eigenvalue weighted by Gasteiger charge is 2.30. The van der Waals surface area contributed by atoms with Crippen LogP contribution in [0.4, 0.5) is 0 Å². The monoisotopic (exact) mass is 264 g/mol. The first-order chi connectivity index (χ1) is 7.38. The van der Waals surface area contributed by atoms with E-state index < -0.39 is 0 Å². The summed E-state index contributed by atoms with van der Waals surface area (Å²) >= 11 is 3.66. The summed E-state index contributed by atoms with van der Waals surface area (Å²) in [7, 11) is 0. The first-order valence-corrected chi connectivity index (χ1v) is 7.17. The summed E-state index contributed by atoms with van der Waals surface area (Å²) in [5.41, 5.74) is 5.03. The van der Waals surface area contributed by atoms with E-state index in [1.165, 1.54) is 37.4 Å². The predicted octanol–water partition coefficient (Wildman–Crippen LogP) is 4.06. The number of benzene rings is 1. The van der Waals surface area contributed by atoms with Gasteiger partial charge in [0.25, 0.3) is 0 Å². The van der Waals surface area contributed by atoms with Crippen molar-refractivity contribution in [1.29, 1.82) is 0 Å². The van der Waals surface area contributed by atoms with Crippen LogP contribution < -0.4 is 0 Å². The molecule has 0 spiro atoms. The molecule has 0 saturated heterocycles. The molecular weight excluding hydrogens is 248 g/mol. The molecule has 0 heterocycles. The predicted molar refractivity (Wildman–Crippen MR) is 67.7 cm³/mol. The Hall–Kier alpha value is -0.300. The number of hydrogen-bond donors (Lipinski definition) is 0. The highest BCUT2D eigenvalue weighted by molar-refractivity contribution is 9.09. The normalized spacial score (nSPS) is 28.6. The van der Waals surface area contributed by atoms with E-state index in [0.29, 0.717) is 0 Å². The second-order valence-electron chi connectivity index (χ2n) is 5.04. The summed E-state index contributed by atoms with van der Waals surface area (Å²) in [5, 5.41) is 1.17. The molecule has 0 N–H and O–H groups in total. The summed E-state index contributed by atoms with van der Waals surface area (Å²) in [6.07, 6.45) is 6.85. The van der Waals surface area contributed by atoms with E-state index in [4.69, 9.17) is 0 Å². The maximum atomic E-state index is 3.66. The van der Waals surface area contributed by atoms with Gasteiger partial charge in [0, 0.05) is 5.33 Å². The molecule has 0 aromatic heterocycles. The minimum absolute atomic E-state index is 0.871. The lowest BCUT2D eigenvalue weighted by atomic mass is 9.70. The maximum absolute atomic E-state index is 3.66. The molecule has 2 aliphatic rings. The zero-order valence-electron chi connectivity index (χ0n) is 9.01. The number of aryl methyl sites for hydroxylation is 1. The van der Waals surface area contributed by atoms with Crippen LogP contribution in [0.2, 0.25) is 0 Å². The molecule has 0 aliphatic heterocycles. The van der Waals surface area contributed by atoms with E-state index >= 15 is 0 Å². The first-order valence-electron chi connectivity index (χ1n) is 6.05. The van der Waals surface area contributed by atoms with Crippen LogP contribution in [0, 0.1) is 5.92 Å². The van der Waals surface area contributed by atoms with Crippen molar-refractivity contribution in [2.24, 2.45) is 5.92 Å². The lowest BCUT2D eigenvalue weighted by Crippen LogP contribution is -2.23. The summed E-state index contributed by atoms with van der Waals surface area (Å²) < 4.78 is 0. The van der Waals surface area contributed by atoms with Gasteiger partial charge in [-0.15, -0.1) is 0 Å². The van der Waals surface area contributed by atoms with E-state index in [1.54, 1.807) is 16.7 Å². The van der Waals surface area contributed by atoms with Crippen LogP contribution >= 0.6 is 15.9 Å². The van der Waals surface area contributed by atoms with Crippen molar-refractivity contribution in [3.8, 4) is 0 Å². The third-order valence-electron chi connectivity index (χ3n) is 4.04. The molecule has 80 valence electrons. The first kappa shape index (κ1) is 9.89. The molecule has 1 aromatic rings. The van der Waals surface area contributed by atoms with Crippen molar-refractivity contribution in [2.45, 2.75) is 38.0 Å². The fraction of sp³-hybridized carbons (Fsp3) is 0.571. The highest BCUT2D eigenvalue weighted by Crippen LogP contribution is 2.43. The molecule has 0 amide bonds. The van der Waals surface area contributed by atoms with Gasteiger partial charge in [0.2, 0.25) is 0 Å². The van der Waals surface area contributed by atoms with Gasteiger partial charge in [-0.25, -0.2) is 0 Å². The molecule has 0 bridgehead atoms. The smallest absolute Gasteiger partial charge is 0.00630 e. The number of rotatable bonds is 1. The molecule has 2 atom stereocenters. The van der Waals surface area contributed by atoms with Crippen molar-refractivity contribution in [3.63, 3.8) is 0 Å². The Labute approximate surface area is 100 Å². The van der Waals surface area contributed by atoms with Gasteiger partial charge in [-0.05, 0) is 60.6 Å². The highest BCUT2D eigenvalue weighted by atomic mass is 79.9. The van der Waals surface area contributed by atoms with Crippen molar-refractivity contribution in [1.82, 2.24) is 0 Å². The average Bonchev–Trinajstić information content (AvgIpc) is 2.29. The minimum Gasteiger partial charge on any atom is -0.0925 e. The topological polar surface area (TPSA) is 0 Å². The third-order valence-corrected chi connectivity index (χ3v) is 4.95. The molecule has 0 saturated carbocycles. The summed E-state index contributed by atoms with van der Waals surface area (Å²) in [4.78, 5) is 0. The summed E-state index contributed by atoms with van der Waals surface area (Å²) in [6.45, 7) is 0. The molecule has 0 fully saturated rings. The van der Waals surface area contributed by atoms with E-state index in [1.807, 2.05) is 0 Å². The molecule has 1 aromatic carbocycles. The van der Waals surface area contributed by atoms with Gasteiger partial charge in [0.1, 0.15) is 0 Å². The lowest BCUT2D eigenvalue weighted by molar-refractivity contribution is 0.399. The van der Waals surface area contributed by atoms with Crippen LogP contribution in [0.1, 0.15) is 41.9 Å². The minimum atomic E-state index is 0.871. The number of halogens is 1. The average molecular weight is 265 g/mol. The van der Waals surface area contributed by atoms with Crippen LogP contribution in [0.3, 0.4) is 0 Å². The fourth-order valence-corrected chi connectivity index (χ4v) is 3.91. The van der Waals surface area contributed by atoms with Crippen molar-refractivity contribution >= 4 is 15.9 Å². The zero-order chi connectivity index (χ0) is 10.3. The van der Waals surface area contributed by atoms with Gasteiger partial charge in [-0.3, -0.25) is 0 Å². The second-order valence-corrected chi connectivity index (χ2v) is 5.69. The third kappa shape index (κ3) is 1.65. The van der Waals surface area contributed by atoms with E-state index in [2.05, 4.69) is 34.1 Å². The largest absolute Gasteiger partial charge is 0.0925 e. The van der Waals surface area contributed by atoms with Crippen LogP contribution in [0.15, 0.2) is 18.2 Å². The van der Waals surface area contributed by atoms with Crippen LogP contribution in [0.5, 0.6) is 0 Å². The molecule has 0 radical (unpaired) electrons. The van der Waals surface area contributed by atoms with Crippen LogP contribution in [-0.2, 0) is 12.8 Å². The van der Waals surface area contributed by atoms with Crippen molar-refractivity contribution in [2.75, 3.05) is 5.33 Å². The van der Waals surface area contributed by atoms with E-state index in [9.17, 15) is 0 Å². The summed E-state index contributed by atoms with van der Waals surface area (Å²) in [6, 6.07) is 6.96. The van der Waals surface area contributed by atoms with Gasteiger partial charge in [-0.1, -0.05) is 34.1 Å². The van der Waals surface area contributed by atoms with E-state index in [-0.39, 0.29) is 0 Å². The van der Waals surface area contributed by atoms with Gasteiger partial charge in [-0.2, -0.15) is 0 Å². The van der Waals surface area contributed by atoms with Gasteiger partial charge in [0.15, 0.2) is 0 Å². The zero-order valence-corrected chi connectivity index (χ0v) is 10.6. The Morgan fingerprint density at radius 3 is 3.00 bits per heavy atom. The second kappa shape index (κ2) is 3.93. The Kier molecular flexibility index (Phi) is 2.59. The van der Waals surface area contributed by atoms with Crippen LogP contribution in [0.25, 0.3) is 0 Å². The Bertz CT molecular complexity index is 370. The Balaban J connectivity index is 2.06. The lowest BCUT2D eigenvalue weighted by Gasteiger charge is -2.35. The molecule has 15 heavy (non-hydrogen) atoms. The van der Waals surface area contributed by atoms with Crippen molar-refractivity contribution < 1.29 is 0 Å². The number of alkyl halides is 1. The maximum Gasteiger partial charge on any atom is 0.00630 e. The number of hydrogen-bond acceptors (Lipinski definition) is 0.